The normalized spacial score (nSPS) is 15.1. The van der Waals surface area contributed by atoms with Crippen LogP contribution in [0.2, 0.25) is 0 Å². The van der Waals surface area contributed by atoms with E-state index in [2.05, 4.69) is 37.0 Å². The smallest absolute Gasteiger partial charge is 0.335 e. The Kier molecular flexibility index (Phi) is 5.57. The van der Waals surface area contributed by atoms with Crippen LogP contribution in [0.1, 0.15) is 22.8 Å². The number of carbonyl (C=O) groups is 2. The number of phenols is 1. The van der Waals surface area contributed by atoms with Gasteiger partial charge in [0.1, 0.15) is 0 Å². The van der Waals surface area contributed by atoms with Gasteiger partial charge in [-0.05, 0) is 80.8 Å². The fourth-order valence-electron chi connectivity index (χ4n) is 2.63. The maximum absolute atomic E-state index is 12.9. The van der Waals surface area contributed by atoms with E-state index in [1.165, 1.54) is 36.4 Å². The highest BCUT2D eigenvalue weighted by Gasteiger charge is 2.29. The maximum atomic E-state index is 12.9. The highest BCUT2D eigenvalue weighted by Crippen LogP contribution is 2.42. The van der Waals surface area contributed by atoms with Crippen LogP contribution in [0.5, 0.6) is 11.5 Å². The molecule has 0 aliphatic carbocycles. The first-order valence-electron chi connectivity index (χ1n) is 7.94. The molecule has 9 heteroatoms. The quantitative estimate of drug-likeness (QED) is 0.594. The molecule has 144 valence electrons. The molecule has 1 aliphatic heterocycles. The number of hydrogen-bond acceptors (Lipinski definition) is 5. The summed E-state index contributed by atoms with van der Waals surface area (Å²) in [5.41, 5.74) is 2.06. The zero-order valence-electron chi connectivity index (χ0n) is 14.7. The van der Waals surface area contributed by atoms with Crippen LogP contribution >= 0.6 is 31.9 Å². The Labute approximate surface area is 177 Å². The summed E-state index contributed by atoms with van der Waals surface area (Å²) in [5.74, 6) is -1.20. The molecule has 0 spiro atoms. The Hall–Kier alpha value is -2.65. The third-order valence-corrected chi connectivity index (χ3v) is 6.27. The molecule has 0 atom stereocenters. The van der Waals surface area contributed by atoms with Crippen molar-refractivity contribution in [2.75, 3.05) is 12.1 Å². The lowest BCUT2D eigenvalue weighted by Gasteiger charge is -2.12. The van der Waals surface area contributed by atoms with E-state index in [-0.39, 0.29) is 23.0 Å². The van der Waals surface area contributed by atoms with E-state index in [0.717, 1.165) is 0 Å². The number of carboxylic acids is 1. The largest absolute Gasteiger partial charge is 0.503 e. The summed E-state index contributed by atoms with van der Waals surface area (Å²) < 4.78 is 6.12. The van der Waals surface area contributed by atoms with Crippen molar-refractivity contribution in [3.63, 3.8) is 0 Å². The van der Waals surface area contributed by atoms with Crippen LogP contribution in [-0.4, -0.2) is 34.9 Å². The summed E-state index contributed by atoms with van der Waals surface area (Å²) in [7, 11) is 1.43. The average Bonchev–Trinajstić information content (AvgIpc) is 2.96. The van der Waals surface area contributed by atoms with Crippen LogP contribution in [0.4, 0.5) is 5.69 Å². The first-order chi connectivity index (χ1) is 13.2. The molecule has 2 aromatic carbocycles. The van der Waals surface area contributed by atoms with Gasteiger partial charge in [0.05, 0.1) is 34.1 Å². The second kappa shape index (κ2) is 7.76. The minimum absolute atomic E-state index is 0.0557. The molecule has 0 aromatic heterocycles. The van der Waals surface area contributed by atoms with E-state index < -0.39 is 5.97 Å². The highest BCUT2D eigenvalue weighted by atomic mass is 79.9. The minimum Gasteiger partial charge on any atom is -0.503 e. The zero-order valence-corrected chi connectivity index (χ0v) is 17.9. The Morgan fingerprint density at radius 3 is 2.43 bits per heavy atom. The lowest BCUT2D eigenvalue weighted by atomic mass is 10.1. The predicted molar refractivity (Wildman–Crippen MR) is 112 cm³/mol. The molecule has 3 rings (SSSR count). The van der Waals surface area contributed by atoms with Gasteiger partial charge in [-0.1, -0.05) is 0 Å². The molecule has 1 aliphatic rings. The summed E-state index contributed by atoms with van der Waals surface area (Å²) in [6, 6.07) is 7.47. The summed E-state index contributed by atoms with van der Waals surface area (Å²) in [5, 5.41) is 24.6. The lowest BCUT2D eigenvalue weighted by molar-refractivity contribution is -0.114. The molecular formula is C19H14Br2N2O5. The zero-order chi connectivity index (χ0) is 20.6. The number of aromatic carboxylic acids is 1. The number of nitrogens with zero attached hydrogens (tertiary/aromatic N) is 2. The molecule has 2 N–H and O–H groups in total. The third kappa shape index (κ3) is 3.55. The topological polar surface area (TPSA) is 99.4 Å². The number of anilines is 1. The van der Waals surface area contributed by atoms with Crippen molar-refractivity contribution in [1.29, 1.82) is 0 Å². The molecule has 7 nitrogen and oxygen atoms in total. The predicted octanol–water partition coefficient (Wildman–Crippen LogP) is 4.43. The molecule has 1 amide bonds. The number of amides is 1. The van der Waals surface area contributed by atoms with Gasteiger partial charge in [-0.15, -0.1) is 0 Å². The number of hydrazone groups is 1. The SMILES string of the molecule is COc1cc(/C=C2/C(=O)N(c3ccc(C(=O)O)cc3)N=C2C)c(Br)c(Br)c1O. The van der Waals surface area contributed by atoms with Crippen molar-refractivity contribution in [3.8, 4) is 11.5 Å². The van der Waals surface area contributed by atoms with Crippen LogP contribution in [0.25, 0.3) is 6.08 Å². The fourth-order valence-corrected chi connectivity index (χ4v) is 3.47. The van der Waals surface area contributed by atoms with Gasteiger partial charge in [-0.25, -0.2) is 4.79 Å². The van der Waals surface area contributed by atoms with E-state index >= 15 is 0 Å². The van der Waals surface area contributed by atoms with Crippen LogP contribution in [-0.2, 0) is 4.79 Å². The maximum Gasteiger partial charge on any atom is 0.335 e. The van der Waals surface area contributed by atoms with E-state index in [1.54, 1.807) is 19.1 Å². The van der Waals surface area contributed by atoms with Gasteiger partial charge in [-0.2, -0.15) is 10.1 Å². The third-order valence-electron chi connectivity index (χ3n) is 4.12. The second-order valence-corrected chi connectivity index (χ2v) is 7.44. The number of phenolic OH excluding ortho intramolecular Hbond substituents is 1. The highest BCUT2D eigenvalue weighted by molar-refractivity contribution is 9.13. The van der Waals surface area contributed by atoms with Crippen LogP contribution < -0.4 is 9.75 Å². The Balaban J connectivity index is 1.99. The van der Waals surface area contributed by atoms with Crippen LogP contribution in [0, 0.1) is 0 Å². The van der Waals surface area contributed by atoms with Gasteiger partial charge >= 0.3 is 5.97 Å². The summed E-state index contributed by atoms with van der Waals surface area (Å²) in [6.45, 7) is 1.70. The number of halogens is 2. The number of methoxy groups -OCH3 is 1. The van der Waals surface area contributed by atoms with Gasteiger partial charge in [0.25, 0.3) is 5.91 Å². The molecule has 0 saturated carbocycles. The summed E-state index contributed by atoms with van der Waals surface area (Å²) >= 11 is 6.68. The molecular weight excluding hydrogens is 496 g/mol. The monoisotopic (exact) mass is 508 g/mol. The van der Waals surface area contributed by atoms with Crippen molar-refractivity contribution >= 4 is 61.2 Å². The fraction of sp³-hybridized carbons (Fsp3) is 0.105. The van der Waals surface area contributed by atoms with E-state index in [0.29, 0.717) is 31.5 Å². The Morgan fingerprint density at radius 2 is 1.86 bits per heavy atom. The van der Waals surface area contributed by atoms with Crippen molar-refractivity contribution in [2.24, 2.45) is 5.10 Å². The Bertz CT molecular complexity index is 1050. The van der Waals surface area contributed by atoms with Crippen molar-refractivity contribution in [1.82, 2.24) is 0 Å². The molecule has 1 heterocycles. The number of aromatic hydroxyl groups is 1. The molecule has 0 unspecified atom stereocenters. The minimum atomic E-state index is -1.05. The van der Waals surface area contributed by atoms with Gasteiger partial charge in [0.2, 0.25) is 0 Å². The summed E-state index contributed by atoms with van der Waals surface area (Å²) in [4.78, 5) is 23.9. The first-order valence-corrected chi connectivity index (χ1v) is 9.53. The van der Waals surface area contributed by atoms with Crippen molar-refractivity contribution in [2.45, 2.75) is 6.92 Å². The number of benzene rings is 2. The van der Waals surface area contributed by atoms with Crippen LogP contribution in [0.15, 0.2) is 50.0 Å². The standard InChI is InChI=1S/C19H14Br2N2O5/c1-9-13(7-11-8-14(28-2)17(24)16(21)15(11)20)18(25)23(22-9)12-5-3-10(4-6-12)19(26)27/h3-8,24H,1-2H3,(H,26,27)/b13-7+. The molecule has 0 saturated heterocycles. The van der Waals surface area contributed by atoms with Gasteiger partial charge in [-0.3, -0.25) is 4.79 Å². The molecule has 28 heavy (non-hydrogen) atoms. The van der Waals surface area contributed by atoms with Gasteiger partial charge in [0, 0.05) is 4.47 Å². The number of carbonyl (C=O) groups excluding carboxylic acids is 1. The molecule has 0 radical (unpaired) electrons. The number of rotatable bonds is 4. The summed E-state index contributed by atoms with van der Waals surface area (Å²) in [6.07, 6.45) is 1.64. The average molecular weight is 510 g/mol. The van der Waals surface area contributed by atoms with E-state index in [9.17, 15) is 14.7 Å². The number of hydrogen-bond donors (Lipinski definition) is 2. The molecule has 0 bridgehead atoms. The second-order valence-electron chi connectivity index (χ2n) is 5.86. The Morgan fingerprint density at radius 1 is 1.21 bits per heavy atom. The van der Waals surface area contributed by atoms with Crippen molar-refractivity contribution in [3.05, 3.63) is 56.0 Å². The first kappa shape index (κ1) is 20.1. The molecule has 0 fully saturated rings. The van der Waals surface area contributed by atoms with Gasteiger partial charge in [0.15, 0.2) is 11.5 Å². The van der Waals surface area contributed by atoms with E-state index in [4.69, 9.17) is 9.84 Å². The van der Waals surface area contributed by atoms with Crippen molar-refractivity contribution < 1.29 is 24.5 Å². The van der Waals surface area contributed by atoms with Crippen LogP contribution in [0.3, 0.4) is 0 Å². The van der Waals surface area contributed by atoms with Gasteiger partial charge < -0.3 is 14.9 Å². The number of ether oxygens (including phenoxy) is 1. The number of carboxylic acid groups (broad SMARTS) is 1. The lowest BCUT2D eigenvalue weighted by Crippen LogP contribution is -2.21. The molecule has 2 aromatic rings. The van der Waals surface area contributed by atoms with E-state index in [1.807, 2.05) is 0 Å².